The van der Waals surface area contributed by atoms with Crippen LogP contribution in [0, 0.1) is 10.1 Å². The summed E-state index contributed by atoms with van der Waals surface area (Å²) in [6.45, 7) is 0. The van der Waals surface area contributed by atoms with Crippen LogP contribution in [0.15, 0.2) is 41.3 Å². The molecule has 0 fully saturated rings. The average molecular weight is 276 g/mol. The molecule has 102 valence electrons. The molecule has 0 bridgehead atoms. The molecule has 8 nitrogen and oxygen atoms in total. The van der Waals surface area contributed by atoms with E-state index in [-0.39, 0.29) is 21.5 Å². The zero-order valence-corrected chi connectivity index (χ0v) is 9.89. The summed E-state index contributed by atoms with van der Waals surface area (Å²) in [4.78, 5) is 32.6. The lowest BCUT2D eigenvalue weighted by Crippen LogP contribution is -2.24. The molecule has 1 aromatic carbocycles. The first-order chi connectivity index (χ1) is 9.41. The van der Waals surface area contributed by atoms with Crippen molar-refractivity contribution < 1.29 is 20.0 Å². The van der Waals surface area contributed by atoms with E-state index >= 15 is 0 Å². The molecule has 0 aliphatic rings. The Morgan fingerprint density at radius 2 is 1.95 bits per heavy atom. The zero-order chi connectivity index (χ0) is 14.9. The number of aromatic carboxylic acids is 1. The van der Waals surface area contributed by atoms with Crippen molar-refractivity contribution in [3.63, 3.8) is 0 Å². The Hall–Kier alpha value is -3.16. The van der Waals surface area contributed by atoms with Crippen molar-refractivity contribution in [1.82, 2.24) is 4.73 Å². The quantitative estimate of drug-likeness (QED) is 0.495. The Labute approximate surface area is 111 Å². The predicted molar refractivity (Wildman–Crippen MR) is 66.9 cm³/mol. The lowest BCUT2D eigenvalue weighted by Gasteiger charge is -2.06. The fraction of sp³-hybridized carbons (Fsp3) is 0. The van der Waals surface area contributed by atoms with Crippen LogP contribution in [0.4, 0.5) is 5.69 Å². The number of para-hydroxylation sites is 1. The molecule has 2 rings (SSSR count). The SMILES string of the molecule is O=C(O)c1cc(-c2ccccc2[N+](=O)[O-])cn(O)c1=O. The Bertz CT molecular complexity index is 765. The van der Waals surface area contributed by atoms with Crippen molar-refractivity contribution in [3.8, 4) is 11.1 Å². The maximum atomic E-state index is 11.4. The standard InChI is InChI=1S/C12H8N2O6/c15-11-9(12(16)17)5-7(6-13(11)18)8-3-1-2-4-10(8)14(19)20/h1-6,18H,(H,16,17). The maximum absolute atomic E-state index is 11.4. The van der Waals surface area contributed by atoms with Crippen LogP contribution in [-0.2, 0) is 0 Å². The van der Waals surface area contributed by atoms with E-state index in [2.05, 4.69) is 0 Å². The van der Waals surface area contributed by atoms with Crippen molar-refractivity contribution >= 4 is 11.7 Å². The van der Waals surface area contributed by atoms with Gasteiger partial charge in [-0.1, -0.05) is 12.1 Å². The number of nitrogens with zero attached hydrogens (tertiary/aromatic N) is 2. The number of rotatable bonds is 3. The number of pyridine rings is 1. The number of nitro groups is 1. The van der Waals surface area contributed by atoms with Gasteiger partial charge in [0, 0.05) is 11.6 Å². The largest absolute Gasteiger partial charge is 0.477 e. The van der Waals surface area contributed by atoms with Crippen molar-refractivity contribution in [2.45, 2.75) is 0 Å². The minimum atomic E-state index is -1.53. The minimum absolute atomic E-state index is 0.0526. The third-order valence-electron chi connectivity index (χ3n) is 2.64. The number of aromatic nitrogens is 1. The maximum Gasteiger partial charge on any atom is 0.341 e. The third kappa shape index (κ3) is 2.21. The molecule has 1 heterocycles. The molecule has 20 heavy (non-hydrogen) atoms. The number of carboxylic acid groups (broad SMARTS) is 1. The smallest absolute Gasteiger partial charge is 0.341 e. The van der Waals surface area contributed by atoms with Crippen LogP contribution in [0.3, 0.4) is 0 Å². The van der Waals surface area contributed by atoms with Gasteiger partial charge in [-0.2, -0.15) is 4.73 Å². The molecule has 0 saturated carbocycles. The highest BCUT2D eigenvalue weighted by Gasteiger charge is 2.19. The summed E-state index contributed by atoms with van der Waals surface area (Å²) in [5.74, 6) is -1.53. The van der Waals surface area contributed by atoms with Crippen LogP contribution < -0.4 is 5.56 Å². The topological polar surface area (TPSA) is 123 Å². The molecule has 0 aliphatic carbocycles. The van der Waals surface area contributed by atoms with E-state index in [1.165, 1.54) is 24.3 Å². The summed E-state index contributed by atoms with van der Waals surface area (Å²) in [6, 6.07) is 6.59. The number of benzene rings is 1. The van der Waals surface area contributed by atoms with Crippen LogP contribution in [0.1, 0.15) is 10.4 Å². The molecule has 0 aliphatic heterocycles. The van der Waals surface area contributed by atoms with Crippen molar-refractivity contribution in [3.05, 3.63) is 62.6 Å². The number of nitro benzene ring substituents is 1. The van der Waals surface area contributed by atoms with Gasteiger partial charge in [0.2, 0.25) is 0 Å². The van der Waals surface area contributed by atoms with Crippen LogP contribution in [-0.4, -0.2) is 25.9 Å². The number of hydrogen-bond acceptors (Lipinski definition) is 5. The number of carbonyl (C=O) groups is 1. The van der Waals surface area contributed by atoms with Gasteiger partial charge in [-0.15, -0.1) is 0 Å². The van der Waals surface area contributed by atoms with Crippen LogP contribution in [0.2, 0.25) is 0 Å². The monoisotopic (exact) mass is 276 g/mol. The van der Waals surface area contributed by atoms with Crippen molar-refractivity contribution in [1.29, 1.82) is 0 Å². The first-order valence-corrected chi connectivity index (χ1v) is 5.35. The van der Waals surface area contributed by atoms with E-state index in [1.807, 2.05) is 0 Å². The number of carboxylic acids is 1. The summed E-state index contributed by atoms with van der Waals surface area (Å²) < 4.78 is 0.0928. The summed E-state index contributed by atoms with van der Waals surface area (Å²) in [6.07, 6.45) is 0.928. The molecule has 0 radical (unpaired) electrons. The molecule has 1 aromatic heterocycles. The summed E-state index contributed by atoms with van der Waals surface area (Å²) in [7, 11) is 0. The van der Waals surface area contributed by atoms with E-state index in [0.29, 0.717) is 0 Å². The van der Waals surface area contributed by atoms with Gasteiger partial charge in [0.15, 0.2) is 0 Å². The Balaban J connectivity index is 2.75. The van der Waals surface area contributed by atoms with E-state index < -0.39 is 22.0 Å². The zero-order valence-electron chi connectivity index (χ0n) is 9.89. The Morgan fingerprint density at radius 1 is 1.30 bits per heavy atom. The second kappa shape index (κ2) is 4.84. The predicted octanol–water partition coefficient (Wildman–Crippen LogP) is 1.36. The van der Waals surface area contributed by atoms with E-state index in [9.17, 15) is 24.9 Å². The molecular formula is C12H8N2O6. The average Bonchev–Trinajstić information content (AvgIpc) is 2.41. The first kappa shape index (κ1) is 13.3. The number of hydrogen-bond donors (Lipinski definition) is 2. The summed E-state index contributed by atoms with van der Waals surface area (Å²) in [5, 5.41) is 29.2. The molecule has 0 unspecified atom stereocenters. The van der Waals surface area contributed by atoms with Gasteiger partial charge in [0.25, 0.3) is 11.2 Å². The molecular weight excluding hydrogens is 268 g/mol. The summed E-state index contributed by atoms with van der Waals surface area (Å²) >= 11 is 0. The van der Waals surface area contributed by atoms with Crippen LogP contribution in [0.5, 0.6) is 0 Å². The lowest BCUT2D eigenvalue weighted by atomic mass is 10.0. The van der Waals surface area contributed by atoms with Gasteiger partial charge >= 0.3 is 5.97 Å². The second-order valence-corrected chi connectivity index (χ2v) is 3.87. The lowest BCUT2D eigenvalue weighted by molar-refractivity contribution is -0.384. The second-order valence-electron chi connectivity index (χ2n) is 3.87. The minimum Gasteiger partial charge on any atom is -0.477 e. The molecule has 0 saturated heterocycles. The van der Waals surface area contributed by atoms with E-state index in [1.54, 1.807) is 0 Å². The van der Waals surface area contributed by atoms with Crippen molar-refractivity contribution in [2.24, 2.45) is 0 Å². The van der Waals surface area contributed by atoms with Crippen LogP contribution >= 0.6 is 0 Å². The molecule has 0 amide bonds. The van der Waals surface area contributed by atoms with Gasteiger partial charge in [-0.05, 0) is 12.1 Å². The highest BCUT2D eigenvalue weighted by atomic mass is 16.6. The molecule has 0 atom stereocenters. The molecule has 0 spiro atoms. The fourth-order valence-corrected chi connectivity index (χ4v) is 1.75. The van der Waals surface area contributed by atoms with Gasteiger partial charge in [-0.3, -0.25) is 14.9 Å². The van der Waals surface area contributed by atoms with Crippen molar-refractivity contribution in [2.75, 3.05) is 0 Å². The molecule has 2 N–H and O–H groups in total. The van der Waals surface area contributed by atoms with Gasteiger partial charge < -0.3 is 10.3 Å². The first-order valence-electron chi connectivity index (χ1n) is 5.35. The summed E-state index contributed by atoms with van der Waals surface area (Å²) in [5.41, 5.74) is -1.90. The normalized spacial score (nSPS) is 10.2. The van der Waals surface area contributed by atoms with Crippen LogP contribution in [0.25, 0.3) is 11.1 Å². The third-order valence-corrected chi connectivity index (χ3v) is 2.64. The molecule has 8 heteroatoms. The van der Waals surface area contributed by atoms with E-state index in [0.717, 1.165) is 12.3 Å². The Kier molecular flexibility index (Phi) is 3.21. The van der Waals surface area contributed by atoms with E-state index in [4.69, 9.17) is 5.11 Å². The molecule has 2 aromatic rings. The Morgan fingerprint density at radius 3 is 2.55 bits per heavy atom. The van der Waals surface area contributed by atoms with Gasteiger partial charge in [0.1, 0.15) is 5.56 Å². The fourth-order valence-electron chi connectivity index (χ4n) is 1.75. The van der Waals surface area contributed by atoms with Gasteiger partial charge in [0.05, 0.1) is 16.7 Å². The highest BCUT2D eigenvalue weighted by Crippen LogP contribution is 2.29. The van der Waals surface area contributed by atoms with Gasteiger partial charge in [-0.25, -0.2) is 4.79 Å². The highest BCUT2D eigenvalue weighted by molar-refractivity contribution is 5.89.